The zero-order valence-corrected chi connectivity index (χ0v) is 23.4. The first-order valence-electron chi connectivity index (χ1n) is 12.1. The molecule has 37 heavy (non-hydrogen) atoms. The van der Waals surface area contributed by atoms with Crippen LogP contribution in [0, 0.1) is 0 Å². The Bertz CT molecular complexity index is 1540. The first kappa shape index (κ1) is 25.7. The van der Waals surface area contributed by atoms with Gasteiger partial charge in [-0.3, -0.25) is 14.2 Å². The smallest absolute Gasteiger partial charge is 0.267 e. The molecule has 2 N–H and O–H groups in total. The third-order valence-electron chi connectivity index (χ3n) is 6.23. The first-order chi connectivity index (χ1) is 17.9. The summed E-state index contributed by atoms with van der Waals surface area (Å²) in [5, 5.41) is 15.0. The van der Waals surface area contributed by atoms with E-state index in [0.29, 0.717) is 28.4 Å². The monoisotopic (exact) mass is 596 g/mol. The van der Waals surface area contributed by atoms with Crippen molar-refractivity contribution in [1.29, 1.82) is 0 Å². The van der Waals surface area contributed by atoms with E-state index in [1.165, 1.54) is 16.6 Å². The fourth-order valence-electron chi connectivity index (χ4n) is 4.39. The van der Waals surface area contributed by atoms with Gasteiger partial charge in [0, 0.05) is 9.35 Å². The van der Waals surface area contributed by atoms with Crippen molar-refractivity contribution in [3.05, 3.63) is 79.4 Å². The van der Waals surface area contributed by atoms with Gasteiger partial charge in [-0.1, -0.05) is 34.6 Å². The number of rotatable bonds is 7. The number of nitrogens with one attached hydrogen (secondary N) is 1. The predicted octanol–water partition coefficient (Wildman–Crippen LogP) is 5.82. The van der Waals surface area contributed by atoms with Crippen LogP contribution in [0.4, 0.5) is 0 Å². The number of aromatic hydroxyl groups is 1. The average molecular weight is 598 g/mol. The topological polar surface area (TPSA) is 96.6 Å². The zero-order valence-electron chi connectivity index (χ0n) is 20.2. The molecule has 0 aliphatic heterocycles. The summed E-state index contributed by atoms with van der Waals surface area (Å²) in [4.78, 5) is 33.4. The Balaban J connectivity index is 1.44. The maximum absolute atomic E-state index is 13.8. The van der Waals surface area contributed by atoms with E-state index in [0.717, 1.165) is 46.1 Å². The molecule has 7 nitrogen and oxygen atoms in total. The number of benzene rings is 2. The Morgan fingerprint density at radius 3 is 2.62 bits per heavy atom. The van der Waals surface area contributed by atoms with Crippen LogP contribution in [-0.4, -0.2) is 32.0 Å². The zero-order chi connectivity index (χ0) is 25.9. The number of thioether (sulfide) groups is 1. The third-order valence-corrected chi connectivity index (χ3v) is 8.88. The summed E-state index contributed by atoms with van der Waals surface area (Å²) in [6.07, 6.45) is 4.71. The number of nitrogens with zero attached hydrogens (tertiary/aromatic N) is 3. The van der Waals surface area contributed by atoms with E-state index >= 15 is 0 Å². The van der Waals surface area contributed by atoms with Crippen LogP contribution in [-0.2, 0) is 17.6 Å². The van der Waals surface area contributed by atoms with Gasteiger partial charge in [0.05, 0.1) is 22.5 Å². The number of carbonyl (C=O) groups excluding carboxylic acids is 1. The predicted molar refractivity (Wildman–Crippen MR) is 153 cm³/mol. The molecule has 5 rings (SSSR count). The summed E-state index contributed by atoms with van der Waals surface area (Å²) in [6.45, 7) is 1.95. The summed E-state index contributed by atoms with van der Waals surface area (Å²) in [5.74, 6) is -0.0697. The van der Waals surface area contributed by atoms with Gasteiger partial charge in [0.1, 0.15) is 10.6 Å². The fourth-order valence-corrected chi connectivity index (χ4v) is 6.77. The second-order valence-electron chi connectivity index (χ2n) is 8.68. The van der Waals surface area contributed by atoms with Gasteiger partial charge in [0.15, 0.2) is 5.16 Å². The van der Waals surface area contributed by atoms with Gasteiger partial charge >= 0.3 is 0 Å². The number of carbonyl (C=O) groups is 1. The molecule has 2 aromatic heterocycles. The minimum absolute atomic E-state index is 0.0512. The third kappa shape index (κ3) is 5.51. The lowest BCUT2D eigenvalue weighted by Gasteiger charge is -2.13. The first-order valence-corrected chi connectivity index (χ1v) is 14.6. The highest BCUT2D eigenvalue weighted by Crippen LogP contribution is 2.35. The number of fused-ring (bicyclic) bond motifs is 3. The fraction of sp³-hybridized carbons (Fsp3) is 0.259. The van der Waals surface area contributed by atoms with Gasteiger partial charge in [-0.25, -0.2) is 10.4 Å². The molecule has 0 unspecified atom stereocenters. The molecule has 0 bridgehead atoms. The van der Waals surface area contributed by atoms with Gasteiger partial charge in [-0.15, -0.1) is 11.3 Å². The number of halogens is 1. The van der Waals surface area contributed by atoms with E-state index in [1.807, 2.05) is 31.2 Å². The SMILES string of the molecule is CCC(=NNC(=O)CSc1nc2sc3c(c2c(=O)n1-c1ccc(Br)cc1)CCCC3)c1ccc(O)cc1. The molecule has 1 aliphatic rings. The lowest BCUT2D eigenvalue weighted by molar-refractivity contribution is -0.118. The van der Waals surface area contributed by atoms with Crippen molar-refractivity contribution in [2.24, 2.45) is 5.10 Å². The highest BCUT2D eigenvalue weighted by molar-refractivity contribution is 9.10. The number of phenols is 1. The highest BCUT2D eigenvalue weighted by atomic mass is 79.9. The van der Waals surface area contributed by atoms with Gasteiger partial charge in [0.25, 0.3) is 11.5 Å². The Hall–Kier alpha value is -2.95. The number of aromatic nitrogens is 2. The maximum atomic E-state index is 13.8. The Labute approximate surface area is 230 Å². The molecule has 0 saturated carbocycles. The summed E-state index contributed by atoms with van der Waals surface area (Å²) in [7, 11) is 0. The Kier molecular flexibility index (Phi) is 7.78. The van der Waals surface area contributed by atoms with Crippen LogP contribution < -0.4 is 11.0 Å². The molecule has 1 aliphatic carbocycles. The maximum Gasteiger partial charge on any atom is 0.267 e. The summed E-state index contributed by atoms with van der Waals surface area (Å²) in [5.41, 5.74) is 5.91. The molecule has 4 aromatic rings. The second kappa shape index (κ2) is 11.2. The van der Waals surface area contributed by atoms with Crippen molar-refractivity contribution >= 4 is 60.9 Å². The number of hydrogen-bond acceptors (Lipinski definition) is 7. The standard InChI is InChI=1S/C27H25BrN4O3S2/c1-2-21(16-7-13-19(33)14-8-16)30-31-23(34)15-36-27-29-25-24(20-5-3-4-6-22(20)37-25)26(35)32(27)18-11-9-17(28)10-12-18/h7-14,33H,2-6,15H2,1H3,(H,31,34). The molecule has 190 valence electrons. The molecule has 0 saturated heterocycles. The lowest BCUT2D eigenvalue weighted by atomic mass is 9.97. The number of aryl methyl sites for hydroxylation is 2. The number of phenolic OH excluding ortho intramolecular Hbond substituents is 1. The van der Waals surface area contributed by atoms with E-state index in [4.69, 9.17) is 4.98 Å². The van der Waals surface area contributed by atoms with Gasteiger partial charge < -0.3 is 5.11 Å². The minimum atomic E-state index is -0.295. The summed E-state index contributed by atoms with van der Waals surface area (Å²) >= 11 is 6.28. The van der Waals surface area contributed by atoms with Crippen LogP contribution in [0.15, 0.2) is 68.1 Å². The second-order valence-corrected chi connectivity index (χ2v) is 11.6. The normalized spacial score (nSPS) is 13.5. The average Bonchev–Trinajstić information content (AvgIpc) is 3.28. The van der Waals surface area contributed by atoms with Gasteiger partial charge in [-0.2, -0.15) is 5.10 Å². The molecule has 0 fully saturated rings. The van der Waals surface area contributed by atoms with Crippen molar-refractivity contribution in [3.63, 3.8) is 0 Å². The van der Waals surface area contributed by atoms with Crippen molar-refractivity contribution in [2.45, 2.75) is 44.2 Å². The Morgan fingerprint density at radius 1 is 1.16 bits per heavy atom. The van der Waals surface area contributed by atoms with Crippen LogP contribution in [0.25, 0.3) is 15.9 Å². The Morgan fingerprint density at radius 2 is 1.89 bits per heavy atom. The van der Waals surface area contributed by atoms with Gasteiger partial charge in [-0.05, 0) is 91.8 Å². The summed E-state index contributed by atoms with van der Waals surface area (Å²) < 4.78 is 2.53. The number of hydrogen-bond donors (Lipinski definition) is 2. The molecule has 0 atom stereocenters. The quantitative estimate of drug-likeness (QED) is 0.121. The molecule has 0 radical (unpaired) electrons. The van der Waals surface area contributed by atoms with Gasteiger partial charge in [0.2, 0.25) is 0 Å². The van der Waals surface area contributed by atoms with Crippen LogP contribution >= 0.6 is 39.0 Å². The van der Waals surface area contributed by atoms with Crippen LogP contribution in [0.3, 0.4) is 0 Å². The molecular formula is C27H25BrN4O3S2. The summed E-state index contributed by atoms with van der Waals surface area (Å²) in [6, 6.07) is 14.2. The number of hydrazone groups is 1. The van der Waals surface area contributed by atoms with Crippen molar-refractivity contribution in [1.82, 2.24) is 15.0 Å². The van der Waals surface area contributed by atoms with E-state index in [9.17, 15) is 14.7 Å². The van der Waals surface area contributed by atoms with Crippen molar-refractivity contribution in [3.8, 4) is 11.4 Å². The molecule has 2 aromatic carbocycles. The largest absolute Gasteiger partial charge is 0.508 e. The number of amides is 1. The van der Waals surface area contributed by atoms with E-state index in [2.05, 4.69) is 26.5 Å². The molecule has 0 spiro atoms. The molecule has 2 heterocycles. The molecule has 1 amide bonds. The highest BCUT2D eigenvalue weighted by Gasteiger charge is 2.23. The lowest BCUT2D eigenvalue weighted by Crippen LogP contribution is -2.25. The van der Waals surface area contributed by atoms with Crippen molar-refractivity contribution < 1.29 is 9.90 Å². The number of thiophene rings is 1. The van der Waals surface area contributed by atoms with Crippen molar-refractivity contribution in [2.75, 3.05) is 5.75 Å². The molecular weight excluding hydrogens is 572 g/mol. The van der Waals surface area contributed by atoms with E-state index < -0.39 is 0 Å². The van der Waals surface area contributed by atoms with Crippen LogP contribution in [0.5, 0.6) is 5.75 Å². The van der Waals surface area contributed by atoms with E-state index in [1.54, 1.807) is 40.2 Å². The van der Waals surface area contributed by atoms with Crippen LogP contribution in [0.2, 0.25) is 0 Å². The minimum Gasteiger partial charge on any atom is -0.508 e. The van der Waals surface area contributed by atoms with Crippen LogP contribution in [0.1, 0.15) is 42.2 Å². The van der Waals surface area contributed by atoms with E-state index in [-0.39, 0.29) is 23.0 Å². The molecule has 10 heteroatoms.